The maximum absolute atomic E-state index is 12.8. The zero-order chi connectivity index (χ0) is 17.3. The van der Waals surface area contributed by atoms with Crippen molar-refractivity contribution in [3.8, 4) is 0 Å². The summed E-state index contributed by atoms with van der Waals surface area (Å²) in [6.45, 7) is 7.01. The highest BCUT2D eigenvalue weighted by Gasteiger charge is 2.47. The fraction of sp³-hybridized carbons (Fsp3) is 0.650. The highest BCUT2D eigenvalue weighted by Crippen LogP contribution is 2.41. The molecule has 2 atom stereocenters. The lowest BCUT2D eigenvalue weighted by Crippen LogP contribution is -2.62. The topological polar surface area (TPSA) is 43.8 Å². The fourth-order valence-electron chi connectivity index (χ4n) is 4.44. The Bertz CT molecular complexity index is 616. The van der Waals surface area contributed by atoms with Crippen LogP contribution in [0.1, 0.15) is 36.0 Å². The van der Waals surface area contributed by atoms with Crippen LogP contribution in [0.2, 0.25) is 0 Å². The van der Waals surface area contributed by atoms with Gasteiger partial charge in [-0.15, -0.1) is 0 Å². The first-order valence-electron chi connectivity index (χ1n) is 9.10. The summed E-state index contributed by atoms with van der Waals surface area (Å²) in [7, 11) is 2.13. The van der Waals surface area contributed by atoms with Crippen molar-refractivity contribution in [2.45, 2.75) is 45.6 Å². The molecule has 0 bridgehead atoms. The summed E-state index contributed by atoms with van der Waals surface area (Å²) in [5.41, 5.74) is 3.59. The van der Waals surface area contributed by atoms with Gasteiger partial charge >= 0.3 is 0 Å². The molecular weight excluding hydrogens is 300 g/mol. The predicted molar refractivity (Wildman–Crippen MR) is 96.0 cm³/mol. The van der Waals surface area contributed by atoms with E-state index in [2.05, 4.69) is 44.0 Å². The van der Waals surface area contributed by atoms with Gasteiger partial charge in [0.1, 0.15) is 0 Å². The number of piperidine rings is 2. The van der Waals surface area contributed by atoms with Crippen molar-refractivity contribution >= 4 is 5.91 Å². The minimum Gasteiger partial charge on any atom is -0.396 e. The molecule has 0 saturated carbocycles. The molecule has 2 fully saturated rings. The lowest BCUT2D eigenvalue weighted by Gasteiger charge is -2.53. The SMILES string of the molecule is Cc1ccc(CC(=O)N2CC[C@@]3(CO)CCCN(C)[C@@H]3C2)cc1C. The molecule has 2 aliphatic rings. The van der Waals surface area contributed by atoms with E-state index in [4.69, 9.17) is 0 Å². The Morgan fingerprint density at radius 2 is 2.04 bits per heavy atom. The molecule has 2 saturated heterocycles. The van der Waals surface area contributed by atoms with Crippen molar-refractivity contribution in [1.82, 2.24) is 9.80 Å². The smallest absolute Gasteiger partial charge is 0.227 e. The summed E-state index contributed by atoms with van der Waals surface area (Å²) in [6, 6.07) is 6.57. The zero-order valence-electron chi connectivity index (χ0n) is 15.2. The zero-order valence-corrected chi connectivity index (χ0v) is 15.2. The second-order valence-corrected chi connectivity index (χ2v) is 7.81. The molecule has 0 aliphatic carbocycles. The molecule has 4 heteroatoms. The molecule has 24 heavy (non-hydrogen) atoms. The molecule has 1 aromatic rings. The number of benzene rings is 1. The van der Waals surface area contributed by atoms with Crippen LogP contribution in [0, 0.1) is 19.3 Å². The van der Waals surface area contributed by atoms with Gasteiger partial charge in [-0.3, -0.25) is 4.79 Å². The van der Waals surface area contributed by atoms with Crippen molar-refractivity contribution in [1.29, 1.82) is 0 Å². The van der Waals surface area contributed by atoms with E-state index in [1.54, 1.807) is 0 Å². The number of rotatable bonds is 3. The van der Waals surface area contributed by atoms with Gasteiger partial charge < -0.3 is 14.9 Å². The number of hydrogen-bond acceptors (Lipinski definition) is 3. The Balaban J connectivity index is 1.69. The third-order valence-electron chi connectivity index (χ3n) is 6.29. The predicted octanol–water partition coefficient (Wildman–Crippen LogP) is 2.15. The van der Waals surface area contributed by atoms with Crippen LogP contribution in [0.15, 0.2) is 18.2 Å². The maximum Gasteiger partial charge on any atom is 0.227 e. The van der Waals surface area contributed by atoms with Gasteiger partial charge in [0, 0.05) is 24.5 Å². The highest BCUT2D eigenvalue weighted by atomic mass is 16.3. The van der Waals surface area contributed by atoms with Gasteiger partial charge in [0.05, 0.1) is 13.0 Å². The van der Waals surface area contributed by atoms with Gasteiger partial charge in [0.25, 0.3) is 0 Å². The average molecular weight is 330 g/mol. The quantitative estimate of drug-likeness (QED) is 0.923. The van der Waals surface area contributed by atoms with E-state index in [1.165, 1.54) is 11.1 Å². The maximum atomic E-state index is 12.8. The van der Waals surface area contributed by atoms with Crippen LogP contribution in [0.5, 0.6) is 0 Å². The highest BCUT2D eigenvalue weighted by molar-refractivity contribution is 5.79. The normalized spacial score (nSPS) is 27.8. The number of aryl methyl sites for hydroxylation is 2. The number of aliphatic hydroxyl groups is 1. The first kappa shape index (κ1) is 17.4. The van der Waals surface area contributed by atoms with E-state index in [9.17, 15) is 9.90 Å². The van der Waals surface area contributed by atoms with Crippen molar-refractivity contribution in [3.05, 3.63) is 34.9 Å². The van der Waals surface area contributed by atoms with Crippen LogP contribution in [-0.4, -0.2) is 60.1 Å². The van der Waals surface area contributed by atoms with E-state index in [-0.39, 0.29) is 24.0 Å². The van der Waals surface area contributed by atoms with Crippen molar-refractivity contribution in [3.63, 3.8) is 0 Å². The molecule has 0 aromatic heterocycles. The lowest BCUT2D eigenvalue weighted by molar-refractivity contribution is -0.139. The molecule has 4 nitrogen and oxygen atoms in total. The minimum absolute atomic E-state index is 0.00970. The van der Waals surface area contributed by atoms with E-state index < -0.39 is 0 Å². The minimum atomic E-state index is -0.00970. The van der Waals surface area contributed by atoms with E-state index in [0.29, 0.717) is 6.42 Å². The van der Waals surface area contributed by atoms with Gasteiger partial charge in [-0.2, -0.15) is 0 Å². The molecule has 1 aromatic carbocycles. The number of nitrogens with zero attached hydrogens (tertiary/aromatic N) is 2. The monoisotopic (exact) mass is 330 g/mol. The van der Waals surface area contributed by atoms with Crippen LogP contribution >= 0.6 is 0 Å². The second kappa shape index (κ2) is 6.85. The van der Waals surface area contributed by atoms with Crippen molar-refractivity contribution in [2.24, 2.45) is 5.41 Å². The molecule has 2 aliphatic heterocycles. The van der Waals surface area contributed by atoms with E-state index in [0.717, 1.165) is 44.5 Å². The Morgan fingerprint density at radius 1 is 1.25 bits per heavy atom. The summed E-state index contributed by atoms with van der Waals surface area (Å²) in [6.07, 6.45) is 3.61. The van der Waals surface area contributed by atoms with E-state index in [1.807, 2.05) is 4.90 Å². The van der Waals surface area contributed by atoms with Crippen LogP contribution in [0.25, 0.3) is 0 Å². The number of carbonyl (C=O) groups excluding carboxylic acids is 1. The average Bonchev–Trinajstić information content (AvgIpc) is 2.58. The number of fused-ring (bicyclic) bond motifs is 1. The first-order chi connectivity index (χ1) is 11.4. The van der Waals surface area contributed by atoms with Crippen LogP contribution < -0.4 is 0 Å². The van der Waals surface area contributed by atoms with Crippen LogP contribution in [0.4, 0.5) is 0 Å². The summed E-state index contributed by atoms with van der Waals surface area (Å²) in [4.78, 5) is 17.1. The molecule has 0 spiro atoms. The largest absolute Gasteiger partial charge is 0.396 e. The summed E-state index contributed by atoms with van der Waals surface area (Å²) < 4.78 is 0. The van der Waals surface area contributed by atoms with Gasteiger partial charge in [-0.25, -0.2) is 0 Å². The molecule has 0 radical (unpaired) electrons. The number of amides is 1. The molecule has 3 rings (SSSR count). The molecule has 132 valence electrons. The molecule has 2 heterocycles. The molecule has 1 N–H and O–H groups in total. The Morgan fingerprint density at radius 3 is 2.75 bits per heavy atom. The Hall–Kier alpha value is -1.39. The van der Waals surface area contributed by atoms with Crippen LogP contribution in [-0.2, 0) is 11.2 Å². The number of likely N-dealkylation sites (tertiary alicyclic amines) is 2. The fourth-order valence-corrected chi connectivity index (χ4v) is 4.44. The van der Waals surface area contributed by atoms with Crippen LogP contribution in [0.3, 0.4) is 0 Å². The Labute approximate surface area is 145 Å². The number of likely N-dealkylation sites (N-methyl/N-ethyl adjacent to an activating group) is 1. The second-order valence-electron chi connectivity index (χ2n) is 7.81. The summed E-state index contributed by atoms with van der Waals surface area (Å²) in [5.74, 6) is 0.212. The van der Waals surface area contributed by atoms with Gasteiger partial charge in [0.15, 0.2) is 0 Å². The number of aliphatic hydroxyl groups excluding tert-OH is 1. The van der Waals surface area contributed by atoms with Gasteiger partial charge in [-0.1, -0.05) is 18.2 Å². The number of hydrogen-bond donors (Lipinski definition) is 1. The standard InChI is InChI=1S/C20H30N2O2/c1-15-5-6-17(11-16(15)2)12-19(24)22-10-8-20(14-23)7-4-9-21(3)18(20)13-22/h5-6,11,18,23H,4,7-10,12-14H2,1-3H3/t18-,20-/m1/s1. The van der Waals surface area contributed by atoms with Crippen molar-refractivity contribution < 1.29 is 9.90 Å². The molecule has 0 unspecified atom stereocenters. The lowest BCUT2D eigenvalue weighted by atomic mass is 9.69. The van der Waals surface area contributed by atoms with Gasteiger partial charge in [-0.05, 0) is 63.4 Å². The summed E-state index contributed by atoms with van der Waals surface area (Å²) in [5, 5.41) is 9.98. The van der Waals surface area contributed by atoms with E-state index >= 15 is 0 Å². The van der Waals surface area contributed by atoms with Gasteiger partial charge in [0.2, 0.25) is 5.91 Å². The van der Waals surface area contributed by atoms with Crippen molar-refractivity contribution in [2.75, 3.05) is 33.3 Å². The Kier molecular flexibility index (Phi) is 4.97. The third-order valence-corrected chi connectivity index (χ3v) is 6.29. The first-order valence-corrected chi connectivity index (χ1v) is 9.10. The number of carbonyl (C=O) groups is 1. The third kappa shape index (κ3) is 3.22. The molecular formula is C20H30N2O2. The molecule has 1 amide bonds. The summed E-state index contributed by atoms with van der Waals surface area (Å²) >= 11 is 0.